The number of nitrogens with zero attached hydrogens (tertiary/aromatic N) is 2. The molecule has 4 nitrogen and oxygen atoms in total. The molecule has 3 rings (SSSR count). The Morgan fingerprint density at radius 3 is 3.00 bits per heavy atom. The zero-order valence-corrected chi connectivity index (χ0v) is 10.8. The van der Waals surface area contributed by atoms with E-state index < -0.39 is 0 Å². The van der Waals surface area contributed by atoms with Gasteiger partial charge in [-0.15, -0.1) is 0 Å². The molecule has 0 bridgehead atoms. The van der Waals surface area contributed by atoms with Crippen molar-refractivity contribution in [3.63, 3.8) is 0 Å². The van der Waals surface area contributed by atoms with Crippen LogP contribution in [0, 0.1) is 0 Å². The number of fused-ring (bicyclic) bond motifs is 1. The highest BCUT2D eigenvalue weighted by Crippen LogP contribution is 2.38. The lowest BCUT2D eigenvalue weighted by molar-refractivity contribution is 0.168. The second-order valence-corrected chi connectivity index (χ2v) is 5.24. The SMILES string of the molecule is CN1CCCN(C2COc3cc(O)ccc32)CC1. The fourth-order valence-corrected chi connectivity index (χ4v) is 2.86. The molecule has 0 aromatic heterocycles. The van der Waals surface area contributed by atoms with Crippen LogP contribution in [-0.4, -0.2) is 54.7 Å². The lowest BCUT2D eigenvalue weighted by atomic mass is 10.1. The van der Waals surface area contributed by atoms with Crippen molar-refractivity contribution in [2.45, 2.75) is 12.5 Å². The van der Waals surface area contributed by atoms with Crippen LogP contribution in [0.3, 0.4) is 0 Å². The molecular formula is C14H20N2O2. The summed E-state index contributed by atoms with van der Waals surface area (Å²) >= 11 is 0. The highest BCUT2D eigenvalue weighted by Gasteiger charge is 2.30. The molecule has 0 radical (unpaired) electrons. The molecule has 1 aromatic rings. The van der Waals surface area contributed by atoms with Crippen molar-refractivity contribution < 1.29 is 9.84 Å². The van der Waals surface area contributed by atoms with Gasteiger partial charge in [-0.3, -0.25) is 4.90 Å². The number of hydrogen-bond acceptors (Lipinski definition) is 4. The van der Waals surface area contributed by atoms with E-state index in [0.29, 0.717) is 12.6 Å². The Hall–Kier alpha value is -1.26. The number of hydrogen-bond donors (Lipinski definition) is 1. The summed E-state index contributed by atoms with van der Waals surface area (Å²) in [6.45, 7) is 5.21. The Bertz CT molecular complexity index is 436. The van der Waals surface area contributed by atoms with Crippen LogP contribution in [-0.2, 0) is 0 Å². The Labute approximate surface area is 108 Å². The highest BCUT2D eigenvalue weighted by molar-refractivity contribution is 5.44. The van der Waals surface area contributed by atoms with E-state index in [0.717, 1.165) is 25.4 Å². The molecule has 98 valence electrons. The minimum absolute atomic E-state index is 0.282. The van der Waals surface area contributed by atoms with Gasteiger partial charge in [0.1, 0.15) is 18.1 Å². The summed E-state index contributed by atoms with van der Waals surface area (Å²) in [5.74, 6) is 1.13. The monoisotopic (exact) mass is 248 g/mol. The molecule has 1 aromatic carbocycles. The van der Waals surface area contributed by atoms with E-state index in [9.17, 15) is 5.11 Å². The van der Waals surface area contributed by atoms with Crippen LogP contribution in [0.25, 0.3) is 0 Å². The third-order valence-electron chi connectivity index (χ3n) is 3.95. The van der Waals surface area contributed by atoms with Gasteiger partial charge >= 0.3 is 0 Å². The number of phenolic OH excluding ortho intramolecular Hbond substituents is 1. The number of ether oxygens (including phenoxy) is 1. The van der Waals surface area contributed by atoms with Gasteiger partial charge in [0.25, 0.3) is 0 Å². The maximum Gasteiger partial charge on any atom is 0.127 e. The van der Waals surface area contributed by atoms with Crippen LogP contribution in [0.15, 0.2) is 18.2 Å². The van der Waals surface area contributed by atoms with E-state index in [-0.39, 0.29) is 5.75 Å². The Balaban J connectivity index is 1.79. The summed E-state index contributed by atoms with van der Waals surface area (Å²) in [6, 6.07) is 5.83. The van der Waals surface area contributed by atoms with Crippen LogP contribution in [0.1, 0.15) is 18.0 Å². The number of aromatic hydroxyl groups is 1. The van der Waals surface area contributed by atoms with Crippen molar-refractivity contribution in [2.24, 2.45) is 0 Å². The molecular weight excluding hydrogens is 228 g/mol. The van der Waals surface area contributed by atoms with Gasteiger partial charge in [-0.05, 0) is 32.1 Å². The topological polar surface area (TPSA) is 35.9 Å². The summed E-state index contributed by atoms with van der Waals surface area (Å²) in [4.78, 5) is 4.89. The van der Waals surface area contributed by atoms with Crippen molar-refractivity contribution in [1.29, 1.82) is 0 Å². The first kappa shape index (κ1) is 11.8. The lowest BCUT2D eigenvalue weighted by Gasteiger charge is -2.26. The molecule has 1 unspecified atom stereocenters. The second kappa shape index (κ2) is 4.78. The van der Waals surface area contributed by atoms with Crippen molar-refractivity contribution >= 4 is 0 Å². The van der Waals surface area contributed by atoms with Crippen molar-refractivity contribution in [1.82, 2.24) is 9.80 Å². The van der Waals surface area contributed by atoms with Crippen LogP contribution < -0.4 is 4.74 Å². The summed E-state index contributed by atoms with van der Waals surface area (Å²) in [5, 5.41) is 9.47. The lowest BCUT2D eigenvalue weighted by Crippen LogP contribution is -2.33. The zero-order chi connectivity index (χ0) is 12.5. The van der Waals surface area contributed by atoms with E-state index in [1.165, 1.54) is 18.5 Å². The van der Waals surface area contributed by atoms with Crippen LogP contribution >= 0.6 is 0 Å². The Morgan fingerprint density at radius 2 is 2.11 bits per heavy atom. The van der Waals surface area contributed by atoms with Gasteiger partial charge in [0.15, 0.2) is 0 Å². The maximum absolute atomic E-state index is 9.47. The molecule has 0 amide bonds. The van der Waals surface area contributed by atoms with Crippen LogP contribution in [0.5, 0.6) is 11.5 Å². The molecule has 0 saturated carbocycles. The molecule has 0 spiro atoms. The first-order valence-electron chi connectivity index (χ1n) is 6.62. The molecule has 1 atom stereocenters. The van der Waals surface area contributed by atoms with E-state index in [4.69, 9.17) is 4.74 Å². The molecule has 1 fully saturated rings. The van der Waals surface area contributed by atoms with Gasteiger partial charge in [0, 0.05) is 31.3 Å². The molecule has 4 heteroatoms. The van der Waals surface area contributed by atoms with E-state index in [1.54, 1.807) is 12.1 Å². The maximum atomic E-state index is 9.47. The summed E-state index contributed by atoms with van der Waals surface area (Å²) < 4.78 is 5.70. The molecule has 2 heterocycles. The summed E-state index contributed by atoms with van der Waals surface area (Å²) in [6.07, 6.45) is 1.21. The number of rotatable bonds is 1. The van der Waals surface area contributed by atoms with E-state index >= 15 is 0 Å². The molecule has 1 saturated heterocycles. The quantitative estimate of drug-likeness (QED) is 0.816. The Kier molecular flexibility index (Phi) is 3.14. The van der Waals surface area contributed by atoms with Crippen LogP contribution in [0.2, 0.25) is 0 Å². The van der Waals surface area contributed by atoms with Gasteiger partial charge in [-0.2, -0.15) is 0 Å². The van der Waals surface area contributed by atoms with Gasteiger partial charge < -0.3 is 14.7 Å². The normalized spacial score (nSPS) is 25.5. The predicted octanol–water partition coefficient (Wildman–Crippen LogP) is 1.46. The van der Waals surface area contributed by atoms with Crippen molar-refractivity contribution in [3.8, 4) is 11.5 Å². The van der Waals surface area contributed by atoms with Crippen LogP contribution in [0.4, 0.5) is 0 Å². The average molecular weight is 248 g/mol. The zero-order valence-electron chi connectivity index (χ0n) is 10.8. The number of benzene rings is 1. The van der Waals surface area contributed by atoms with Crippen molar-refractivity contribution in [2.75, 3.05) is 39.8 Å². The Morgan fingerprint density at radius 1 is 1.22 bits per heavy atom. The smallest absolute Gasteiger partial charge is 0.127 e. The molecule has 1 N–H and O–H groups in total. The minimum atomic E-state index is 0.282. The molecule has 18 heavy (non-hydrogen) atoms. The summed E-state index contributed by atoms with van der Waals surface area (Å²) in [7, 11) is 2.18. The molecule has 0 aliphatic carbocycles. The molecule has 2 aliphatic rings. The third kappa shape index (κ3) is 2.18. The summed E-state index contributed by atoms with van der Waals surface area (Å²) in [5.41, 5.74) is 1.22. The van der Waals surface area contributed by atoms with Gasteiger partial charge in [0.05, 0.1) is 6.04 Å². The standard InChI is InChI=1S/C14H20N2O2/c1-15-5-2-6-16(8-7-15)13-10-18-14-9-11(17)3-4-12(13)14/h3-4,9,13,17H,2,5-8,10H2,1H3. The average Bonchev–Trinajstić information content (AvgIpc) is 2.64. The first-order valence-corrected chi connectivity index (χ1v) is 6.62. The fourth-order valence-electron chi connectivity index (χ4n) is 2.86. The minimum Gasteiger partial charge on any atom is -0.508 e. The molecule has 2 aliphatic heterocycles. The number of likely N-dealkylation sites (N-methyl/N-ethyl adjacent to an activating group) is 1. The fraction of sp³-hybridized carbons (Fsp3) is 0.571. The van der Waals surface area contributed by atoms with Crippen molar-refractivity contribution in [3.05, 3.63) is 23.8 Å². The van der Waals surface area contributed by atoms with E-state index in [1.807, 2.05) is 6.07 Å². The highest BCUT2D eigenvalue weighted by atomic mass is 16.5. The second-order valence-electron chi connectivity index (χ2n) is 5.24. The third-order valence-corrected chi connectivity index (χ3v) is 3.95. The first-order chi connectivity index (χ1) is 8.74. The number of phenols is 1. The van der Waals surface area contributed by atoms with Gasteiger partial charge in [-0.25, -0.2) is 0 Å². The van der Waals surface area contributed by atoms with E-state index in [2.05, 4.69) is 16.8 Å². The largest absolute Gasteiger partial charge is 0.508 e. The van der Waals surface area contributed by atoms with Gasteiger partial charge in [-0.1, -0.05) is 0 Å². The predicted molar refractivity (Wildman–Crippen MR) is 70.0 cm³/mol. The van der Waals surface area contributed by atoms with Gasteiger partial charge in [0.2, 0.25) is 0 Å².